The molecule has 136 valence electrons. The van der Waals surface area contributed by atoms with E-state index in [1.807, 2.05) is 37.3 Å². The zero-order valence-corrected chi connectivity index (χ0v) is 15.8. The summed E-state index contributed by atoms with van der Waals surface area (Å²) in [4.78, 5) is 25.3. The standard InChI is InChI=1S/C21H23ClN2O2/c1-14-17(19(25)23-2)6-5-7-18(14)24-20(26)21(12-3-4-13-21)15-8-10-16(22)11-9-15/h5-11H,3-4,12-13H2,1-2H3,(H,23,25)(H,24,26). The van der Waals surface area contributed by atoms with Gasteiger partial charge >= 0.3 is 0 Å². The van der Waals surface area contributed by atoms with Gasteiger partial charge < -0.3 is 10.6 Å². The quantitative estimate of drug-likeness (QED) is 0.834. The molecule has 0 radical (unpaired) electrons. The first-order valence-electron chi connectivity index (χ1n) is 8.87. The molecule has 0 spiro atoms. The Balaban J connectivity index is 1.93. The molecule has 0 aromatic heterocycles. The molecule has 1 aliphatic carbocycles. The van der Waals surface area contributed by atoms with Crippen molar-refractivity contribution < 1.29 is 9.59 Å². The lowest BCUT2D eigenvalue weighted by Gasteiger charge is -2.29. The minimum atomic E-state index is -0.542. The van der Waals surface area contributed by atoms with Crippen molar-refractivity contribution in [3.8, 4) is 0 Å². The van der Waals surface area contributed by atoms with Crippen LogP contribution in [0.4, 0.5) is 5.69 Å². The summed E-state index contributed by atoms with van der Waals surface area (Å²) in [5.41, 5.74) is 2.47. The maximum atomic E-state index is 13.3. The van der Waals surface area contributed by atoms with Crippen LogP contribution in [0.2, 0.25) is 5.02 Å². The second kappa shape index (κ2) is 7.50. The molecule has 4 nitrogen and oxygen atoms in total. The molecule has 0 atom stereocenters. The number of benzene rings is 2. The van der Waals surface area contributed by atoms with Crippen molar-refractivity contribution in [2.45, 2.75) is 38.0 Å². The second-order valence-electron chi connectivity index (χ2n) is 6.81. The topological polar surface area (TPSA) is 58.2 Å². The van der Waals surface area contributed by atoms with Gasteiger partial charge in [0.2, 0.25) is 5.91 Å². The summed E-state index contributed by atoms with van der Waals surface area (Å²) >= 11 is 6.02. The maximum Gasteiger partial charge on any atom is 0.251 e. The number of carbonyl (C=O) groups is 2. The van der Waals surface area contributed by atoms with Crippen LogP contribution in [-0.2, 0) is 10.2 Å². The Morgan fingerprint density at radius 2 is 1.69 bits per heavy atom. The van der Waals surface area contributed by atoms with Crippen molar-refractivity contribution >= 4 is 29.1 Å². The fourth-order valence-electron chi connectivity index (χ4n) is 3.79. The molecule has 1 aliphatic rings. The number of amides is 2. The van der Waals surface area contributed by atoms with Gasteiger partial charge in [-0.15, -0.1) is 0 Å². The second-order valence-corrected chi connectivity index (χ2v) is 7.24. The van der Waals surface area contributed by atoms with E-state index < -0.39 is 5.41 Å². The Morgan fingerprint density at radius 1 is 1.04 bits per heavy atom. The third kappa shape index (κ3) is 3.34. The highest BCUT2D eigenvalue weighted by Crippen LogP contribution is 2.42. The van der Waals surface area contributed by atoms with E-state index in [0.717, 1.165) is 36.8 Å². The van der Waals surface area contributed by atoms with Crippen molar-refractivity contribution in [2.24, 2.45) is 0 Å². The summed E-state index contributed by atoms with van der Waals surface area (Å²) in [5, 5.41) is 6.37. The minimum Gasteiger partial charge on any atom is -0.355 e. The van der Waals surface area contributed by atoms with Crippen molar-refractivity contribution in [1.29, 1.82) is 0 Å². The maximum absolute atomic E-state index is 13.3. The number of hydrogen-bond donors (Lipinski definition) is 2. The van der Waals surface area contributed by atoms with Crippen LogP contribution in [0.25, 0.3) is 0 Å². The molecule has 1 fully saturated rings. The number of halogens is 1. The van der Waals surface area contributed by atoms with Gasteiger partial charge in [0.25, 0.3) is 5.91 Å². The van der Waals surface area contributed by atoms with Gasteiger partial charge in [0, 0.05) is 23.3 Å². The molecular formula is C21H23ClN2O2. The lowest BCUT2D eigenvalue weighted by molar-refractivity contribution is -0.121. The highest BCUT2D eigenvalue weighted by atomic mass is 35.5. The molecule has 0 heterocycles. The van der Waals surface area contributed by atoms with Gasteiger partial charge in [-0.05, 0) is 55.2 Å². The SMILES string of the molecule is CNC(=O)c1cccc(NC(=O)C2(c3ccc(Cl)cc3)CCCC2)c1C. The molecule has 0 aliphatic heterocycles. The van der Waals surface area contributed by atoms with Gasteiger partial charge in [-0.1, -0.05) is 42.6 Å². The number of rotatable bonds is 4. The number of carbonyl (C=O) groups excluding carboxylic acids is 2. The Bertz CT molecular complexity index is 824. The molecular weight excluding hydrogens is 348 g/mol. The van der Waals surface area contributed by atoms with Gasteiger partial charge in [-0.25, -0.2) is 0 Å². The van der Waals surface area contributed by atoms with Crippen LogP contribution < -0.4 is 10.6 Å². The Labute approximate surface area is 158 Å². The number of hydrogen-bond acceptors (Lipinski definition) is 2. The molecule has 2 aromatic carbocycles. The predicted molar refractivity (Wildman–Crippen MR) is 105 cm³/mol. The fourth-order valence-corrected chi connectivity index (χ4v) is 3.91. The average molecular weight is 371 g/mol. The molecule has 2 amide bonds. The van der Waals surface area contributed by atoms with Crippen LogP contribution in [0.1, 0.15) is 47.2 Å². The van der Waals surface area contributed by atoms with Gasteiger partial charge in [0.05, 0.1) is 5.41 Å². The summed E-state index contributed by atoms with van der Waals surface area (Å²) < 4.78 is 0. The van der Waals surface area contributed by atoms with E-state index in [9.17, 15) is 9.59 Å². The molecule has 1 saturated carbocycles. The average Bonchev–Trinajstić information content (AvgIpc) is 3.14. The van der Waals surface area contributed by atoms with Gasteiger partial charge in [0.1, 0.15) is 0 Å². The van der Waals surface area contributed by atoms with E-state index in [1.165, 1.54) is 0 Å². The van der Waals surface area contributed by atoms with E-state index in [0.29, 0.717) is 16.3 Å². The molecule has 2 N–H and O–H groups in total. The summed E-state index contributed by atoms with van der Waals surface area (Å²) in [5.74, 6) is -0.179. The van der Waals surface area contributed by atoms with Gasteiger partial charge in [-0.3, -0.25) is 9.59 Å². The third-order valence-electron chi connectivity index (χ3n) is 5.34. The minimum absolute atomic E-state index is 0.0190. The first-order valence-corrected chi connectivity index (χ1v) is 9.25. The predicted octanol–water partition coefficient (Wildman–Crippen LogP) is 4.46. The third-order valence-corrected chi connectivity index (χ3v) is 5.59. The highest BCUT2D eigenvalue weighted by Gasteiger charge is 2.42. The van der Waals surface area contributed by atoms with Crippen LogP contribution in [0.3, 0.4) is 0 Å². The summed E-state index contributed by atoms with van der Waals surface area (Å²) in [6.07, 6.45) is 3.67. The number of nitrogens with one attached hydrogen (secondary N) is 2. The summed E-state index contributed by atoms with van der Waals surface area (Å²) in [6, 6.07) is 12.9. The Kier molecular flexibility index (Phi) is 5.33. The lowest BCUT2D eigenvalue weighted by atomic mass is 9.78. The van der Waals surface area contributed by atoms with Gasteiger partial charge in [-0.2, -0.15) is 0 Å². The lowest BCUT2D eigenvalue weighted by Crippen LogP contribution is -2.38. The van der Waals surface area contributed by atoms with Crippen molar-refractivity contribution in [3.05, 3.63) is 64.2 Å². The molecule has 26 heavy (non-hydrogen) atoms. The summed E-state index contributed by atoms with van der Waals surface area (Å²) in [6.45, 7) is 1.85. The molecule has 3 rings (SSSR count). The Hall–Kier alpha value is -2.33. The normalized spacial score (nSPS) is 15.5. The van der Waals surface area contributed by atoms with E-state index in [4.69, 9.17) is 11.6 Å². The van der Waals surface area contributed by atoms with Crippen LogP contribution in [0, 0.1) is 6.92 Å². The molecule has 0 unspecified atom stereocenters. The van der Waals surface area contributed by atoms with E-state index in [-0.39, 0.29) is 11.8 Å². The largest absolute Gasteiger partial charge is 0.355 e. The molecule has 0 bridgehead atoms. The monoisotopic (exact) mass is 370 g/mol. The van der Waals surface area contributed by atoms with E-state index >= 15 is 0 Å². The van der Waals surface area contributed by atoms with Crippen molar-refractivity contribution in [1.82, 2.24) is 5.32 Å². The van der Waals surface area contributed by atoms with Gasteiger partial charge in [0.15, 0.2) is 0 Å². The van der Waals surface area contributed by atoms with Crippen LogP contribution in [-0.4, -0.2) is 18.9 Å². The zero-order valence-electron chi connectivity index (χ0n) is 15.1. The van der Waals surface area contributed by atoms with Crippen molar-refractivity contribution in [2.75, 3.05) is 12.4 Å². The van der Waals surface area contributed by atoms with E-state index in [2.05, 4.69) is 10.6 Å². The first-order chi connectivity index (χ1) is 12.5. The summed E-state index contributed by atoms with van der Waals surface area (Å²) in [7, 11) is 1.60. The molecule has 5 heteroatoms. The van der Waals surface area contributed by atoms with Crippen LogP contribution >= 0.6 is 11.6 Å². The van der Waals surface area contributed by atoms with Crippen LogP contribution in [0.15, 0.2) is 42.5 Å². The first kappa shape index (κ1) is 18.5. The van der Waals surface area contributed by atoms with Crippen LogP contribution in [0.5, 0.6) is 0 Å². The molecule has 0 saturated heterocycles. The van der Waals surface area contributed by atoms with E-state index in [1.54, 1.807) is 19.2 Å². The number of anilines is 1. The fraction of sp³-hybridized carbons (Fsp3) is 0.333. The smallest absolute Gasteiger partial charge is 0.251 e. The highest BCUT2D eigenvalue weighted by molar-refractivity contribution is 6.30. The molecule has 2 aromatic rings. The zero-order chi connectivity index (χ0) is 18.7. The van der Waals surface area contributed by atoms with Crippen molar-refractivity contribution in [3.63, 3.8) is 0 Å². The Morgan fingerprint density at radius 3 is 2.31 bits per heavy atom.